The number of halogens is 1. The van der Waals surface area contributed by atoms with Gasteiger partial charge >= 0.3 is 0 Å². The highest BCUT2D eigenvalue weighted by Crippen LogP contribution is 2.24. The summed E-state index contributed by atoms with van der Waals surface area (Å²) >= 11 is 5.94. The largest absolute Gasteiger partial charge is 0.493 e. The fourth-order valence-corrected chi connectivity index (χ4v) is 1.60. The third kappa shape index (κ3) is 4.10. The van der Waals surface area contributed by atoms with Gasteiger partial charge in [-0.2, -0.15) is 0 Å². The van der Waals surface area contributed by atoms with Crippen LogP contribution < -0.4 is 10.5 Å². The fraction of sp³-hybridized carbons (Fsp3) is 0.500. The van der Waals surface area contributed by atoms with Crippen LogP contribution in [0.15, 0.2) is 18.2 Å². The molecule has 1 unspecified atom stereocenters. The van der Waals surface area contributed by atoms with Crippen molar-refractivity contribution in [2.75, 3.05) is 6.61 Å². The van der Waals surface area contributed by atoms with Crippen LogP contribution in [-0.2, 0) is 6.42 Å². The molecule has 0 amide bonds. The van der Waals surface area contributed by atoms with Crippen molar-refractivity contribution >= 4 is 11.6 Å². The van der Waals surface area contributed by atoms with Gasteiger partial charge in [-0.05, 0) is 43.5 Å². The van der Waals surface area contributed by atoms with Gasteiger partial charge in [-0.25, -0.2) is 0 Å². The van der Waals surface area contributed by atoms with E-state index in [0.717, 1.165) is 35.8 Å². The van der Waals surface area contributed by atoms with E-state index in [0.29, 0.717) is 0 Å². The smallest absolute Gasteiger partial charge is 0.122 e. The molecular weight excluding hydrogens is 210 g/mol. The first-order valence-corrected chi connectivity index (χ1v) is 5.68. The lowest BCUT2D eigenvalue weighted by Gasteiger charge is -2.12. The van der Waals surface area contributed by atoms with Crippen LogP contribution >= 0.6 is 11.6 Å². The SMILES string of the molecule is CCCOc1ccc(Cl)cc1CC(C)N. The van der Waals surface area contributed by atoms with Gasteiger partial charge in [0.2, 0.25) is 0 Å². The molecule has 0 saturated heterocycles. The van der Waals surface area contributed by atoms with Gasteiger partial charge in [-0.1, -0.05) is 18.5 Å². The zero-order valence-corrected chi connectivity index (χ0v) is 10.1. The predicted molar refractivity (Wildman–Crippen MR) is 64.6 cm³/mol. The van der Waals surface area contributed by atoms with E-state index in [9.17, 15) is 0 Å². The lowest BCUT2D eigenvalue weighted by atomic mass is 10.1. The molecule has 0 bridgehead atoms. The van der Waals surface area contributed by atoms with Gasteiger partial charge in [0.25, 0.3) is 0 Å². The van der Waals surface area contributed by atoms with Crippen molar-refractivity contribution in [2.45, 2.75) is 32.7 Å². The van der Waals surface area contributed by atoms with Crippen LogP contribution in [0.3, 0.4) is 0 Å². The molecule has 2 nitrogen and oxygen atoms in total. The Bertz CT molecular complexity index is 312. The van der Waals surface area contributed by atoms with Gasteiger partial charge in [-0.3, -0.25) is 0 Å². The lowest BCUT2D eigenvalue weighted by Crippen LogP contribution is -2.18. The number of rotatable bonds is 5. The molecule has 0 aliphatic carbocycles. The average molecular weight is 228 g/mol. The standard InChI is InChI=1S/C12H18ClNO/c1-3-6-15-12-5-4-11(13)8-10(12)7-9(2)14/h4-5,8-9H,3,6-7,14H2,1-2H3. The first-order chi connectivity index (χ1) is 7.13. The highest BCUT2D eigenvalue weighted by molar-refractivity contribution is 6.30. The number of nitrogens with two attached hydrogens (primary N) is 1. The Morgan fingerprint density at radius 1 is 1.47 bits per heavy atom. The summed E-state index contributed by atoms with van der Waals surface area (Å²) in [6.07, 6.45) is 1.79. The summed E-state index contributed by atoms with van der Waals surface area (Å²) in [5, 5.41) is 0.731. The molecule has 1 aromatic carbocycles. The van der Waals surface area contributed by atoms with Crippen molar-refractivity contribution in [3.63, 3.8) is 0 Å². The molecule has 1 atom stereocenters. The summed E-state index contributed by atoms with van der Waals surface area (Å²) in [7, 11) is 0. The zero-order valence-electron chi connectivity index (χ0n) is 9.29. The highest BCUT2D eigenvalue weighted by atomic mass is 35.5. The van der Waals surface area contributed by atoms with E-state index in [1.807, 2.05) is 25.1 Å². The van der Waals surface area contributed by atoms with Gasteiger partial charge < -0.3 is 10.5 Å². The number of hydrogen-bond donors (Lipinski definition) is 1. The summed E-state index contributed by atoms with van der Waals surface area (Å²) in [5.74, 6) is 0.901. The summed E-state index contributed by atoms with van der Waals surface area (Å²) in [5.41, 5.74) is 6.86. The second-order valence-corrected chi connectivity index (χ2v) is 4.22. The third-order valence-corrected chi connectivity index (χ3v) is 2.26. The highest BCUT2D eigenvalue weighted by Gasteiger charge is 2.06. The molecular formula is C12H18ClNO. The maximum atomic E-state index is 5.94. The van der Waals surface area contributed by atoms with Crippen LogP contribution in [0.25, 0.3) is 0 Å². The van der Waals surface area contributed by atoms with Crippen LogP contribution in [0.1, 0.15) is 25.8 Å². The topological polar surface area (TPSA) is 35.2 Å². The molecule has 84 valence electrons. The van der Waals surface area contributed by atoms with E-state index >= 15 is 0 Å². The van der Waals surface area contributed by atoms with Gasteiger partial charge in [0.1, 0.15) is 5.75 Å². The van der Waals surface area contributed by atoms with E-state index in [4.69, 9.17) is 22.1 Å². The normalized spacial score (nSPS) is 12.5. The summed E-state index contributed by atoms with van der Waals surface area (Å²) in [6, 6.07) is 5.80. The molecule has 3 heteroatoms. The second-order valence-electron chi connectivity index (χ2n) is 3.78. The van der Waals surface area contributed by atoms with Crippen molar-refractivity contribution in [3.8, 4) is 5.75 Å². The van der Waals surface area contributed by atoms with Crippen LogP contribution in [-0.4, -0.2) is 12.6 Å². The lowest BCUT2D eigenvalue weighted by molar-refractivity contribution is 0.313. The quantitative estimate of drug-likeness (QED) is 0.839. The molecule has 0 saturated carbocycles. The van der Waals surface area contributed by atoms with Gasteiger partial charge in [-0.15, -0.1) is 0 Å². The molecule has 0 radical (unpaired) electrons. The van der Waals surface area contributed by atoms with E-state index < -0.39 is 0 Å². The van der Waals surface area contributed by atoms with Crippen molar-refractivity contribution in [1.82, 2.24) is 0 Å². The van der Waals surface area contributed by atoms with Crippen LogP contribution in [0.2, 0.25) is 5.02 Å². The van der Waals surface area contributed by atoms with Crippen molar-refractivity contribution < 1.29 is 4.74 Å². The van der Waals surface area contributed by atoms with Crippen LogP contribution in [0, 0.1) is 0 Å². The Balaban J connectivity index is 2.82. The summed E-state index contributed by atoms with van der Waals surface area (Å²) < 4.78 is 5.63. The monoisotopic (exact) mass is 227 g/mol. The maximum absolute atomic E-state index is 5.94. The number of hydrogen-bond acceptors (Lipinski definition) is 2. The first-order valence-electron chi connectivity index (χ1n) is 5.30. The second kappa shape index (κ2) is 5.99. The number of benzene rings is 1. The van der Waals surface area contributed by atoms with Crippen molar-refractivity contribution in [2.24, 2.45) is 5.73 Å². The van der Waals surface area contributed by atoms with Gasteiger partial charge in [0.05, 0.1) is 6.61 Å². The Morgan fingerprint density at radius 2 is 2.20 bits per heavy atom. The minimum atomic E-state index is 0.118. The molecule has 0 aliphatic heterocycles. The van der Waals surface area contributed by atoms with E-state index in [1.54, 1.807) is 0 Å². The van der Waals surface area contributed by atoms with E-state index in [-0.39, 0.29) is 6.04 Å². The Labute approximate surface area is 96.4 Å². The minimum absolute atomic E-state index is 0.118. The van der Waals surface area contributed by atoms with Crippen LogP contribution in [0.4, 0.5) is 0 Å². The van der Waals surface area contributed by atoms with Gasteiger partial charge in [0, 0.05) is 11.1 Å². The van der Waals surface area contributed by atoms with Crippen LogP contribution in [0.5, 0.6) is 5.75 Å². The molecule has 0 heterocycles. The third-order valence-electron chi connectivity index (χ3n) is 2.03. The molecule has 15 heavy (non-hydrogen) atoms. The molecule has 0 fully saturated rings. The molecule has 1 aromatic rings. The summed E-state index contributed by atoms with van der Waals surface area (Å²) in [6.45, 7) is 4.79. The average Bonchev–Trinajstić information content (AvgIpc) is 2.16. The van der Waals surface area contributed by atoms with Gasteiger partial charge in [0.15, 0.2) is 0 Å². The molecule has 0 spiro atoms. The molecule has 0 aromatic heterocycles. The Kier molecular flexibility index (Phi) is 4.92. The molecule has 0 aliphatic rings. The Morgan fingerprint density at radius 3 is 2.80 bits per heavy atom. The molecule has 2 N–H and O–H groups in total. The fourth-order valence-electron chi connectivity index (χ4n) is 1.41. The molecule has 1 rings (SSSR count). The van der Waals surface area contributed by atoms with E-state index in [2.05, 4.69) is 6.92 Å². The maximum Gasteiger partial charge on any atom is 0.122 e. The van der Waals surface area contributed by atoms with Crippen molar-refractivity contribution in [1.29, 1.82) is 0 Å². The Hall–Kier alpha value is -0.730. The predicted octanol–water partition coefficient (Wildman–Crippen LogP) is 3.02. The van der Waals surface area contributed by atoms with E-state index in [1.165, 1.54) is 0 Å². The zero-order chi connectivity index (χ0) is 11.3. The number of ether oxygens (including phenoxy) is 1. The van der Waals surface area contributed by atoms with Crippen molar-refractivity contribution in [3.05, 3.63) is 28.8 Å². The minimum Gasteiger partial charge on any atom is -0.493 e. The first kappa shape index (κ1) is 12.3. The summed E-state index contributed by atoms with van der Waals surface area (Å²) in [4.78, 5) is 0.